The number of aromatic hydroxyl groups is 1. The summed E-state index contributed by atoms with van der Waals surface area (Å²) in [6.07, 6.45) is 0. The fourth-order valence-electron chi connectivity index (χ4n) is 3.21. The summed E-state index contributed by atoms with van der Waals surface area (Å²) in [5, 5.41) is 29.9. The van der Waals surface area contributed by atoms with Gasteiger partial charge in [-0.25, -0.2) is 8.42 Å². The third kappa shape index (κ3) is 5.10. The maximum Gasteiger partial charge on any atom is 0.295 e. The standard InChI is InChI=1S/C23H15ClN4O6S/c24-15-7-11-17(12-8-15)35(33,34)27-20-13-21(22(29)19-4-2-1-3-18(19)20)25-26-23(30)14-5-9-16(10-6-14)28(31)32/h1-13,27,29H. The molecule has 4 rings (SSSR count). The van der Waals surface area contributed by atoms with Crippen LogP contribution in [0.3, 0.4) is 0 Å². The highest BCUT2D eigenvalue weighted by molar-refractivity contribution is 7.92. The molecular formula is C23H15ClN4O6S. The van der Waals surface area contributed by atoms with Crippen molar-refractivity contribution in [2.75, 3.05) is 4.72 Å². The lowest BCUT2D eigenvalue weighted by Gasteiger charge is -2.13. The molecule has 0 atom stereocenters. The Bertz CT molecular complexity index is 1590. The van der Waals surface area contributed by atoms with Crippen LogP contribution in [0.25, 0.3) is 10.8 Å². The smallest absolute Gasteiger partial charge is 0.295 e. The van der Waals surface area contributed by atoms with E-state index in [1.54, 1.807) is 24.3 Å². The first-order chi connectivity index (χ1) is 16.7. The topological polar surface area (TPSA) is 151 Å². The number of halogens is 1. The van der Waals surface area contributed by atoms with Crippen LogP contribution in [0.1, 0.15) is 10.4 Å². The van der Waals surface area contributed by atoms with E-state index in [0.717, 1.165) is 12.1 Å². The molecule has 10 nitrogen and oxygen atoms in total. The van der Waals surface area contributed by atoms with Gasteiger partial charge in [-0.2, -0.15) is 0 Å². The molecule has 0 aliphatic rings. The van der Waals surface area contributed by atoms with Crippen LogP contribution in [0.15, 0.2) is 94.0 Å². The van der Waals surface area contributed by atoms with Crippen LogP contribution < -0.4 is 4.72 Å². The van der Waals surface area contributed by atoms with Gasteiger partial charge in [0, 0.05) is 33.5 Å². The Morgan fingerprint density at radius 3 is 2.23 bits per heavy atom. The lowest BCUT2D eigenvalue weighted by atomic mass is 10.1. The van der Waals surface area contributed by atoms with E-state index >= 15 is 0 Å². The minimum absolute atomic E-state index is 0.0319. The summed E-state index contributed by atoms with van der Waals surface area (Å²) in [4.78, 5) is 22.5. The van der Waals surface area contributed by atoms with Crippen molar-refractivity contribution in [3.05, 3.63) is 99.6 Å². The minimum atomic E-state index is -4.02. The molecule has 1 amide bonds. The summed E-state index contributed by atoms with van der Waals surface area (Å²) in [7, 11) is -4.02. The van der Waals surface area contributed by atoms with Crippen LogP contribution in [0.2, 0.25) is 5.02 Å². The molecule has 0 fully saturated rings. The van der Waals surface area contributed by atoms with Crippen LogP contribution in [0, 0.1) is 10.1 Å². The van der Waals surface area contributed by atoms with E-state index in [0.29, 0.717) is 10.4 Å². The highest BCUT2D eigenvalue weighted by atomic mass is 35.5. The Labute approximate surface area is 203 Å². The Morgan fingerprint density at radius 2 is 1.60 bits per heavy atom. The number of fused-ring (bicyclic) bond motifs is 1. The first kappa shape index (κ1) is 23.8. The third-order valence-electron chi connectivity index (χ3n) is 4.94. The number of benzene rings is 4. The molecule has 12 heteroatoms. The summed E-state index contributed by atoms with van der Waals surface area (Å²) < 4.78 is 28.3. The zero-order chi connectivity index (χ0) is 25.2. The molecule has 0 aromatic heterocycles. The molecule has 4 aromatic carbocycles. The number of rotatable bonds is 6. The van der Waals surface area contributed by atoms with E-state index in [-0.39, 0.29) is 38.7 Å². The number of azo groups is 1. The molecular weight excluding hydrogens is 496 g/mol. The van der Waals surface area contributed by atoms with E-state index in [4.69, 9.17) is 11.6 Å². The lowest BCUT2D eigenvalue weighted by molar-refractivity contribution is -0.384. The van der Waals surface area contributed by atoms with Crippen molar-refractivity contribution in [2.24, 2.45) is 10.2 Å². The fourth-order valence-corrected chi connectivity index (χ4v) is 4.40. The summed E-state index contributed by atoms with van der Waals surface area (Å²) in [5.74, 6) is -1.12. The van der Waals surface area contributed by atoms with Gasteiger partial charge in [0.2, 0.25) is 0 Å². The molecule has 35 heavy (non-hydrogen) atoms. The second-order valence-electron chi connectivity index (χ2n) is 7.21. The average Bonchev–Trinajstić information content (AvgIpc) is 2.85. The summed E-state index contributed by atoms with van der Waals surface area (Å²) in [6.45, 7) is 0. The highest BCUT2D eigenvalue weighted by Crippen LogP contribution is 2.40. The van der Waals surface area contributed by atoms with E-state index < -0.39 is 20.9 Å². The van der Waals surface area contributed by atoms with Crippen molar-refractivity contribution in [3.8, 4) is 5.75 Å². The van der Waals surface area contributed by atoms with Crippen LogP contribution >= 0.6 is 11.6 Å². The molecule has 0 aliphatic heterocycles. The van der Waals surface area contributed by atoms with Gasteiger partial charge in [-0.15, -0.1) is 10.2 Å². The van der Waals surface area contributed by atoms with E-state index in [1.807, 2.05) is 0 Å². The van der Waals surface area contributed by atoms with Gasteiger partial charge in [0.1, 0.15) is 5.69 Å². The molecule has 0 radical (unpaired) electrons. The lowest BCUT2D eigenvalue weighted by Crippen LogP contribution is -2.13. The van der Waals surface area contributed by atoms with Gasteiger partial charge in [0.15, 0.2) is 5.75 Å². The van der Waals surface area contributed by atoms with E-state index in [2.05, 4.69) is 15.0 Å². The number of sulfonamides is 1. The number of non-ortho nitro benzene ring substituents is 1. The van der Waals surface area contributed by atoms with Gasteiger partial charge >= 0.3 is 0 Å². The molecule has 0 bridgehead atoms. The Kier molecular flexibility index (Phi) is 6.45. The van der Waals surface area contributed by atoms with Gasteiger partial charge in [0.05, 0.1) is 15.5 Å². The Balaban J connectivity index is 1.71. The summed E-state index contributed by atoms with van der Waals surface area (Å²) in [6, 6.07) is 18.0. The number of phenols is 1. The minimum Gasteiger partial charge on any atom is -0.505 e. The van der Waals surface area contributed by atoms with Gasteiger partial charge in [-0.05, 0) is 42.5 Å². The van der Waals surface area contributed by atoms with Crippen molar-refractivity contribution >= 4 is 55.4 Å². The van der Waals surface area contributed by atoms with E-state index in [9.17, 15) is 28.4 Å². The molecule has 0 heterocycles. The highest BCUT2D eigenvalue weighted by Gasteiger charge is 2.19. The molecule has 0 aliphatic carbocycles. The van der Waals surface area contributed by atoms with Crippen molar-refractivity contribution in [1.82, 2.24) is 0 Å². The van der Waals surface area contributed by atoms with E-state index in [1.165, 1.54) is 42.5 Å². The van der Waals surface area contributed by atoms with Crippen molar-refractivity contribution < 1.29 is 23.2 Å². The quantitative estimate of drug-likeness (QED) is 0.144. The number of nitrogens with zero attached hydrogens (tertiary/aromatic N) is 3. The first-order valence-electron chi connectivity index (χ1n) is 9.89. The largest absolute Gasteiger partial charge is 0.505 e. The number of phenolic OH excluding ortho intramolecular Hbond substituents is 1. The second-order valence-corrected chi connectivity index (χ2v) is 9.32. The van der Waals surface area contributed by atoms with Gasteiger partial charge in [0.25, 0.3) is 21.6 Å². The SMILES string of the molecule is O=C(N=Nc1cc(NS(=O)(=O)c2ccc(Cl)cc2)c2ccccc2c1O)c1ccc([N+](=O)[O-])cc1. The molecule has 0 saturated carbocycles. The van der Waals surface area contributed by atoms with Crippen LogP contribution in [-0.4, -0.2) is 24.4 Å². The van der Waals surface area contributed by atoms with Crippen molar-refractivity contribution in [2.45, 2.75) is 4.90 Å². The molecule has 2 N–H and O–H groups in total. The number of amides is 1. The predicted octanol–water partition coefficient (Wildman–Crippen LogP) is 5.83. The third-order valence-corrected chi connectivity index (χ3v) is 6.57. The number of hydrogen-bond donors (Lipinski definition) is 2. The fraction of sp³-hybridized carbons (Fsp3) is 0. The van der Waals surface area contributed by atoms with Crippen LogP contribution in [0.5, 0.6) is 5.75 Å². The van der Waals surface area contributed by atoms with Crippen LogP contribution in [-0.2, 0) is 10.0 Å². The molecule has 0 spiro atoms. The number of nitro benzene ring substituents is 1. The predicted molar refractivity (Wildman–Crippen MR) is 130 cm³/mol. The van der Waals surface area contributed by atoms with Gasteiger partial charge in [-0.3, -0.25) is 19.6 Å². The number of hydrogen-bond acceptors (Lipinski definition) is 7. The Morgan fingerprint density at radius 1 is 0.971 bits per heavy atom. The van der Waals surface area contributed by atoms with Crippen molar-refractivity contribution in [1.29, 1.82) is 0 Å². The average molecular weight is 511 g/mol. The second kappa shape index (κ2) is 9.49. The maximum atomic E-state index is 12.9. The summed E-state index contributed by atoms with van der Waals surface area (Å²) >= 11 is 5.84. The monoisotopic (exact) mass is 510 g/mol. The number of nitrogens with one attached hydrogen (secondary N) is 1. The number of carbonyl (C=O) groups excluding carboxylic acids is 1. The van der Waals surface area contributed by atoms with Gasteiger partial charge < -0.3 is 5.11 Å². The molecule has 0 unspecified atom stereocenters. The van der Waals surface area contributed by atoms with Crippen molar-refractivity contribution in [3.63, 3.8) is 0 Å². The van der Waals surface area contributed by atoms with Crippen LogP contribution in [0.4, 0.5) is 17.1 Å². The Hall–Kier alpha value is -4.35. The number of carbonyl (C=O) groups is 1. The maximum absolute atomic E-state index is 12.9. The molecule has 0 saturated heterocycles. The normalized spacial score (nSPS) is 11.6. The number of anilines is 1. The zero-order valence-corrected chi connectivity index (χ0v) is 19.2. The zero-order valence-electron chi connectivity index (χ0n) is 17.6. The van der Waals surface area contributed by atoms with Gasteiger partial charge in [-0.1, -0.05) is 35.9 Å². The first-order valence-corrected chi connectivity index (χ1v) is 11.8. The molecule has 4 aromatic rings. The molecule has 176 valence electrons. The summed E-state index contributed by atoms with van der Waals surface area (Å²) in [5.41, 5.74) is -0.204. The number of nitro groups is 1.